The lowest BCUT2D eigenvalue weighted by atomic mass is 9.97. The average molecular weight is 286 g/mol. The van der Waals surface area contributed by atoms with Gasteiger partial charge >= 0.3 is 0 Å². The first-order chi connectivity index (χ1) is 10.1. The highest BCUT2D eigenvalue weighted by atomic mass is 19.1. The summed E-state index contributed by atoms with van der Waals surface area (Å²) in [4.78, 5) is 12.0. The summed E-state index contributed by atoms with van der Waals surface area (Å²) in [6.45, 7) is 4.07. The highest BCUT2D eigenvalue weighted by molar-refractivity contribution is 5.93. The summed E-state index contributed by atoms with van der Waals surface area (Å²) in [6.07, 6.45) is 0. The first-order valence-electron chi connectivity index (χ1n) is 6.94. The van der Waals surface area contributed by atoms with E-state index in [1.54, 1.807) is 24.3 Å². The van der Waals surface area contributed by atoms with Crippen molar-refractivity contribution in [2.24, 2.45) is 5.92 Å². The molecule has 2 rings (SSSR count). The third kappa shape index (κ3) is 4.13. The van der Waals surface area contributed by atoms with Gasteiger partial charge in [0, 0.05) is 5.56 Å². The molecule has 21 heavy (non-hydrogen) atoms. The van der Waals surface area contributed by atoms with Crippen LogP contribution < -0.4 is 10.9 Å². The van der Waals surface area contributed by atoms with Gasteiger partial charge in [0.15, 0.2) is 0 Å². The Labute approximate surface area is 124 Å². The molecular formula is C17H19FN2O. The molecule has 0 spiro atoms. The Morgan fingerprint density at radius 2 is 1.62 bits per heavy atom. The maximum Gasteiger partial charge on any atom is 0.265 e. The first-order valence-corrected chi connectivity index (χ1v) is 6.94. The van der Waals surface area contributed by atoms with Crippen LogP contribution >= 0.6 is 0 Å². The molecule has 1 amide bonds. The number of carbonyl (C=O) groups is 1. The zero-order valence-corrected chi connectivity index (χ0v) is 12.1. The fourth-order valence-corrected chi connectivity index (χ4v) is 2.11. The zero-order valence-electron chi connectivity index (χ0n) is 12.1. The molecule has 2 aromatic carbocycles. The maximum atomic E-state index is 13.0. The summed E-state index contributed by atoms with van der Waals surface area (Å²) in [5.74, 6) is -0.218. The molecule has 1 unspecified atom stereocenters. The van der Waals surface area contributed by atoms with Gasteiger partial charge in [-0.1, -0.05) is 44.2 Å². The van der Waals surface area contributed by atoms with Crippen molar-refractivity contribution < 1.29 is 9.18 Å². The molecule has 0 bridgehead atoms. The summed E-state index contributed by atoms with van der Waals surface area (Å²) < 4.78 is 13.0. The van der Waals surface area contributed by atoms with Crippen LogP contribution in [0.25, 0.3) is 0 Å². The number of hydrazine groups is 1. The van der Waals surface area contributed by atoms with Gasteiger partial charge in [-0.3, -0.25) is 10.2 Å². The number of halogens is 1. The second kappa shape index (κ2) is 6.99. The fraction of sp³-hybridized carbons (Fsp3) is 0.235. The van der Waals surface area contributed by atoms with Crippen LogP contribution in [0.15, 0.2) is 54.6 Å². The van der Waals surface area contributed by atoms with Gasteiger partial charge in [0.25, 0.3) is 5.91 Å². The van der Waals surface area contributed by atoms with Gasteiger partial charge in [0.1, 0.15) is 5.82 Å². The number of hydrogen-bond donors (Lipinski definition) is 2. The highest BCUT2D eigenvalue weighted by Crippen LogP contribution is 2.21. The smallest absolute Gasteiger partial charge is 0.265 e. The van der Waals surface area contributed by atoms with Crippen molar-refractivity contribution in [3.63, 3.8) is 0 Å². The number of carbonyl (C=O) groups excluding carboxylic acids is 1. The van der Waals surface area contributed by atoms with E-state index in [2.05, 4.69) is 10.9 Å². The van der Waals surface area contributed by atoms with Gasteiger partial charge in [-0.25, -0.2) is 9.82 Å². The number of rotatable bonds is 5. The minimum atomic E-state index is -0.269. The van der Waals surface area contributed by atoms with E-state index >= 15 is 0 Å². The third-order valence-corrected chi connectivity index (χ3v) is 3.27. The molecule has 0 heterocycles. The van der Waals surface area contributed by atoms with E-state index in [0.717, 1.165) is 5.56 Å². The van der Waals surface area contributed by atoms with Crippen LogP contribution in [0.3, 0.4) is 0 Å². The summed E-state index contributed by atoms with van der Waals surface area (Å²) in [5, 5.41) is 0. The predicted octanol–water partition coefficient (Wildman–Crippen LogP) is 3.46. The van der Waals surface area contributed by atoms with Crippen molar-refractivity contribution in [1.82, 2.24) is 10.9 Å². The molecule has 2 N–H and O–H groups in total. The van der Waals surface area contributed by atoms with E-state index in [1.807, 2.05) is 32.0 Å². The van der Waals surface area contributed by atoms with Crippen LogP contribution in [0.2, 0.25) is 0 Å². The lowest BCUT2D eigenvalue weighted by Crippen LogP contribution is -2.41. The van der Waals surface area contributed by atoms with Gasteiger partial charge in [-0.05, 0) is 35.7 Å². The summed E-state index contributed by atoms with van der Waals surface area (Å²) in [5.41, 5.74) is 7.26. The summed E-state index contributed by atoms with van der Waals surface area (Å²) >= 11 is 0. The second-order valence-corrected chi connectivity index (χ2v) is 5.24. The Balaban J connectivity index is 2.04. The Kier molecular flexibility index (Phi) is 5.06. The Morgan fingerprint density at radius 1 is 1.00 bits per heavy atom. The van der Waals surface area contributed by atoms with E-state index < -0.39 is 0 Å². The first kappa shape index (κ1) is 15.2. The van der Waals surface area contributed by atoms with Crippen LogP contribution in [-0.2, 0) is 0 Å². The van der Waals surface area contributed by atoms with E-state index in [0.29, 0.717) is 5.56 Å². The largest absolute Gasteiger partial charge is 0.287 e. The molecule has 4 heteroatoms. The van der Waals surface area contributed by atoms with Gasteiger partial charge < -0.3 is 0 Å². The van der Waals surface area contributed by atoms with Crippen molar-refractivity contribution >= 4 is 5.91 Å². The highest BCUT2D eigenvalue weighted by Gasteiger charge is 2.16. The average Bonchev–Trinajstić information content (AvgIpc) is 2.49. The number of hydrogen-bond acceptors (Lipinski definition) is 2. The van der Waals surface area contributed by atoms with Crippen molar-refractivity contribution in [2.75, 3.05) is 0 Å². The zero-order chi connectivity index (χ0) is 15.2. The van der Waals surface area contributed by atoms with E-state index in [-0.39, 0.29) is 23.7 Å². The molecular weight excluding hydrogens is 267 g/mol. The Hall–Kier alpha value is -2.20. The summed E-state index contributed by atoms with van der Waals surface area (Å²) in [7, 11) is 0. The maximum absolute atomic E-state index is 13.0. The molecule has 1 atom stereocenters. The summed E-state index contributed by atoms with van der Waals surface area (Å²) in [6, 6.07) is 15.2. The van der Waals surface area contributed by atoms with Crippen LogP contribution in [0, 0.1) is 11.7 Å². The fourth-order valence-electron chi connectivity index (χ4n) is 2.11. The monoisotopic (exact) mass is 286 g/mol. The van der Waals surface area contributed by atoms with E-state index in [4.69, 9.17) is 0 Å². The Bertz CT molecular complexity index is 581. The standard InChI is InChI=1S/C17H19FN2O/c1-12(2)16(13-8-10-15(18)11-9-13)19-20-17(21)14-6-4-3-5-7-14/h3-12,16,19H,1-2H3,(H,20,21). The minimum absolute atomic E-state index is 0.0849. The van der Waals surface area contributed by atoms with Gasteiger partial charge in [0.05, 0.1) is 6.04 Å². The lowest BCUT2D eigenvalue weighted by molar-refractivity contribution is 0.0919. The Morgan fingerprint density at radius 3 is 2.19 bits per heavy atom. The van der Waals surface area contributed by atoms with Gasteiger partial charge in [-0.15, -0.1) is 0 Å². The van der Waals surface area contributed by atoms with Crippen molar-refractivity contribution in [3.05, 3.63) is 71.5 Å². The molecule has 0 fully saturated rings. The molecule has 0 saturated carbocycles. The molecule has 0 saturated heterocycles. The second-order valence-electron chi connectivity index (χ2n) is 5.24. The van der Waals surface area contributed by atoms with Crippen molar-refractivity contribution in [1.29, 1.82) is 0 Å². The number of nitrogens with one attached hydrogen (secondary N) is 2. The molecule has 0 aromatic heterocycles. The van der Waals surface area contributed by atoms with Crippen molar-refractivity contribution in [2.45, 2.75) is 19.9 Å². The molecule has 2 aromatic rings. The normalized spacial score (nSPS) is 12.2. The van der Waals surface area contributed by atoms with E-state index in [9.17, 15) is 9.18 Å². The molecule has 0 radical (unpaired) electrons. The lowest BCUT2D eigenvalue weighted by Gasteiger charge is -2.23. The molecule has 0 aliphatic carbocycles. The van der Waals surface area contributed by atoms with E-state index in [1.165, 1.54) is 12.1 Å². The minimum Gasteiger partial charge on any atom is -0.287 e. The quantitative estimate of drug-likeness (QED) is 0.826. The van der Waals surface area contributed by atoms with Gasteiger partial charge in [-0.2, -0.15) is 0 Å². The van der Waals surface area contributed by atoms with Crippen LogP contribution in [0.5, 0.6) is 0 Å². The SMILES string of the molecule is CC(C)C(NNC(=O)c1ccccc1)c1ccc(F)cc1. The number of amides is 1. The van der Waals surface area contributed by atoms with Crippen molar-refractivity contribution in [3.8, 4) is 0 Å². The predicted molar refractivity (Wildman–Crippen MR) is 81.0 cm³/mol. The van der Waals surface area contributed by atoms with Gasteiger partial charge in [0.2, 0.25) is 0 Å². The number of benzene rings is 2. The van der Waals surface area contributed by atoms with Crippen LogP contribution in [0.4, 0.5) is 4.39 Å². The topological polar surface area (TPSA) is 41.1 Å². The molecule has 110 valence electrons. The molecule has 0 aliphatic rings. The van der Waals surface area contributed by atoms with Crippen LogP contribution in [-0.4, -0.2) is 5.91 Å². The van der Waals surface area contributed by atoms with Crippen LogP contribution in [0.1, 0.15) is 35.8 Å². The molecule has 3 nitrogen and oxygen atoms in total. The molecule has 0 aliphatic heterocycles. The third-order valence-electron chi connectivity index (χ3n) is 3.27.